The summed E-state index contributed by atoms with van der Waals surface area (Å²) in [6.45, 7) is 11.2. The summed E-state index contributed by atoms with van der Waals surface area (Å²) < 4.78 is 10.2. The number of hydrogen-bond acceptors (Lipinski definition) is 7. The van der Waals surface area contributed by atoms with Crippen LogP contribution in [0.2, 0.25) is 0 Å². The van der Waals surface area contributed by atoms with Crippen molar-refractivity contribution in [3.63, 3.8) is 0 Å². The highest BCUT2D eigenvalue weighted by molar-refractivity contribution is 9.10. The van der Waals surface area contributed by atoms with E-state index >= 15 is 0 Å². The molecule has 0 aliphatic carbocycles. The molecule has 0 aromatic heterocycles. The molecule has 10 nitrogen and oxygen atoms in total. The molecule has 0 bridgehead atoms. The van der Waals surface area contributed by atoms with Gasteiger partial charge >= 0.3 is 11.9 Å². The summed E-state index contributed by atoms with van der Waals surface area (Å²) >= 11 is 3.47. The van der Waals surface area contributed by atoms with Crippen molar-refractivity contribution >= 4 is 45.6 Å². The van der Waals surface area contributed by atoms with E-state index in [2.05, 4.69) is 31.3 Å². The van der Waals surface area contributed by atoms with E-state index in [1.807, 2.05) is 58.9 Å². The largest absolute Gasteiger partial charge is 0.469 e. The third-order valence-corrected chi connectivity index (χ3v) is 7.18. The van der Waals surface area contributed by atoms with Crippen LogP contribution in [0.25, 0.3) is 0 Å². The number of amides is 3. The van der Waals surface area contributed by atoms with Crippen LogP contribution in [-0.2, 0) is 38.9 Å². The van der Waals surface area contributed by atoms with Crippen molar-refractivity contribution < 1.29 is 33.4 Å². The van der Waals surface area contributed by atoms with Crippen LogP contribution in [0.5, 0.6) is 0 Å². The molecule has 2 unspecified atom stereocenters. The summed E-state index contributed by atoms with van der Waals surface area (Å²) in [5.74, 6) is -2.29. The first-order chi connectivity index (χ1) is 18.9. The molecule has 0 radical (unpaired) electrons. The van der Waals surface area contributed by atoms with E-state index in [1.165, 1.54) is 19.1 Å². The molecule has 2 atom stereocenters. The Hall–Kier alpha value is -3.21. The highest BCUT2D eigenvalue weighted by Gasteiger charge is 2.36. The van der Waals surface area contributed by atoms with Gasteiger partial charge in [-0.3, -0.25) is 19.2 Å². The summed E-state index contributed by atoms with van der Waals surface area (Å²) in [7, 11) is 4.02. The van der Waals surface area contributed by atoms with Gasteiger partial charge < -0.3 is 25.0 Å². The van der Waals surface area contributed by atoms with Gasteiger partial charge in [-0.15, -0.1) is 0 Å². The Kier molecular flexibility index (Phi) is 13.7. The van der Waals surface area contributed by atoms with Gasteiger partial charge in [0.15, 0.2) is 0 Å². The highest BCUT2D eigenvalue weighted by atomic mass is 79.9. The quantitative estimate of drug-likeness (QED) is 0.249. The second-order valence-electron chi connectivity index (χ2n) is 11.7. The van der Waals surface area contributed by atoms with E-state index in [1.54, 1.807) is 20.0 Å². The maximum absolute atomic E-state index is 13.4. The lowest BCUT2D eigenvalue weighted by Gasteiger charge is -2.34. The SMILES string of the molecule is COC(=O)CCC(NC(=O)/C(C)=C/CN(C)C(=O)C(NC(=O)CC(C)(C)c1cccc(Br)c1)C(C)(C)C)C(=O)OC. The molecular weight excluding hydrogens is 594 g/mol. The van der Waals surface area contributed by atoms with E-state index in [0.29, 0.717) is 0 Å². The zero-order valence-corrected chi connectivity index (χ0v) is 27.1. The van der Waals surface area contributed by atoms with Gasteiger partial charge in [-0.2, -0.15) is 0 Å². The van der Waals surface area contributed by atoms with Crippen molar-refractivity contribution in [2.45, 2.75) is 78.3 Å². The first-order valence-corrected chi connectivity index (χ1v) is 14.1. The van der Waals surface area contributed by atoms with Gasteiger partial charge in [0.2, 0.25) is 17.7 Å². The summed E-state index contributed by atoms with van der Waals surface area (Å²) in [6, 6.07) is 5.95. The van der Waals surface area contributed by atoms with Crippen molar-refractivity contribution in [2.75, 3.05) is 27.8 Å². The van der Waals surface area contributed by atoms with Crippen molar-refractivity contribution in [1.29, 1.82) is 0 Å². The number of hydrogen-bond donors (Lipinski definition) is 2. The molecular formula is C30H44BrN3O7. The summed E-state index contributed by atoms with van der Waals surface area (Å²) in [4.78, 5) is 64.2. The standard InChI is InChI=1S/C30H44BrN3O7/c1-19(26(37)32-22(28(39)41-9)13-14-24(36)40-8)15-16-34(7)27(38)25(29(2,3)4)33-23(35)18-30(5,6)20-11-10-12-21(31)17-20/h10-12,15,17,22,25H,13-14,16,18H2,1-9H3,(H,32,37)(H,33,35)/b19-15+. The molecule has 3 amide bonds. The Bertz CT molecular complexity index is 1140. The number of carbonyl (C=O) groups excluding carboxylic acids is 5. The van der Waals surface area contributed by atoms with Crippen molar-refractivity contribution in [3.05, 3.63) is 46.0 Å². The number of carbonyl (C=O) groups is 5. The number of ether oxygens (including phenoxy) is 2. The number of likely N-dealkylation sites (N-methyl/N-ethyl adjacent to an activating group) is 1. The molecule has 1 aromatic rings. The molecule has 0 aliphatic heterocycles. The van der Waals surface area contributed by atoms with Crippen LogP contribution in [-0.4, -0.2) is 74.5 Å². The van der Waals surface area contributed by atoms with Gasteiger partial charge in [0.25, 0.3) is 0 Å². The van der Waals surface area contributed by atoms with Gasteiger partial charge in [-0.25, -0.2) is 4.79 Å². The number of methoxy groups -OCH3 is 2. The summed E-state index contributed by atoms with van der Waals surface area (Å²) in [6.07, 6.45) is 1.68. The summed E-state index contributed by atoms with van der Waals surface area (Å²) in [5, 5.41) is 5.49. The smallest absolute Gasteiger partial charge is 0.328 e. The number of nitrogens with zero attached hydrogens (tertiary/aromatic N) is 1. The Morgan fingerprint density at radius 1 is 1.02 bits per heavy atom. The van der Waals surface area contributed by atoms with E-state index in [4.69, 9.17) is 4.74 Å². The minimum Gasteiger partial charge on any atom is -0.469 e. The van der Waals surface area contributed by atoms with E-state index < -0.39 is 40.8 Å². The molecule has 0 heterocycles. The second kappa shape index (κ2) is 15.7. The van der Waals surface area contributed by atoms with Crippen LogP contribution < -0.4 is 10.6 Å². The van der Waals surface area contributed by atoms with Crippen LogP contribution in [0.3, 0.4) is 0 Å². The minimum atomic E-state index is -1.03. The third-order valence-electron chi connectivity index (χ3n) is 6.69. The fraction of sp³-hybridized carbons (Fsp3) is 0.567. The van der Waals surface area contributed by atoms with Gasteiger partial charge in [0.1, 0.15) is 12.1 Å². The monoisotopic (exact) mass is 637 g/mol. The van der Waals surface area contributed by atoms with Gasteiger partial charge in [0, 0.05) is 36.5 Å². The molecule has 1 rings (SSSR count). The minimum absolute atomic E-state index is 0.0159. The van der Waals surface area contributed by atoms with Crippen LogP contribution in [0.1, 0.15) is 66.4 Å². The van der Waals surface area contributed by atoms with Gasteiger partial charge in [-0.1, -0.05) is 68.8 Å². The molecule has 2 N–H and O–H groups in total. The lowest BCUT2D eigenvalue weighted by molar-refractivity contribution is -0.146. The molecule has 11 heteroatoms. The van der Waals surface area contributed by atoms with Crippen LogP contribution in [0.15, 0.2) is 40.4 Å². The molecule has 0 saturated carbocycles. The van der Waals surface area contributed by atoms with E-state index in [0.717, 1.165) is 10.0 Å². The Balaban J connectivity index is 2.92. The number of halogens is 1. The zero-order valence-electron chi connectivity index (χ0n) is 25.6. The average Bonchev–Trinajstić information content (AvgIpc) is 2.90. The lowest BCUT2D eigenvalue weighted by atomic mass is 9.80. The average molecular weight is 639 g/mol. The van der Waals surface area contributed by atoms with Crippen LogP contribution >= 0.6 is 15.9 Å². The zero-order chi connectivity index (χ0) is 31.5. The second-order valence-corrected chi connectivity index (χ2v) is 12.6. The highest BCUT2D eigenvalue weighted by Crippen LogP contribution is 2.29. The van der Waals surface area contributed by atoms with Gasteiger partial charge in [-0.05, 0) is 41.9 Å². The molecule has 0 spiro atoms. The number of rotatable bonds is 13. The Labute approximate surface area is 251 Å². The van der Waals surface area contributed by atoms with Crippen molar-refractivity contribution in [1.82, 2.24) is 15.5 Å². The maximum atomic E-state index is 13.4. The number of benzene rings is 1. The number of nitrogens with one attached hydrogen (secondary N) is 2. The van der Waals surface area contributed by atoms with Crippen LogP contribution in [0, 0.1) is 5.41 Å². The maximum Gasteiger partial charge on any atom is 0.328 e. The van der Waals surface area contributed by atoms with Crippen molar-refractivity contribution in [2.24, 2.45) is 5.41 Å². The van der Waals surface area contributed by atoms with Crippen LogP contribution in [0.4, 0.5) is 0 Å². The predicted octanol–water partition coefficient (Wildman–Crippen LogP) is 3.66. The molecule has 0 saturated heterocycles. The molecule has 41 heavy (non-hydrogen) atoms. The topological polar surface area (TPSA) is 131 Å². The first kappa shape index (κ1) is 35.8. The molecule has 1 aromatic carbocycles. The Morgan fingerprint density at radius 3 is 2.20 bits per heavy atom. The summed E-state index contributed by atoms with van der Waals surface area (Å²) in [5.41, 5.74) is 0.224. The van der Waals surface area contributed by atoms with Gasteiger partial charge in [0.05, 0.1) is 14.2 Å². The Morgan fingerprint density at radius 2 is 1.66 bits per heavy atom. The predicted molar refractivity (Wildman–Crippen MR) is 160 cm³/mol. The number of esters is 2. The molecule has 0 fully saturated rings. The third kappa shape index (κ3) is 11.7. The fourth-order valence-electron chi connectivity index (χ4n) is 3.98. The first-order valence-electron chi connectivity index (χ1n) is 13.4. The van der Waals surface area contributed by atoms with E-state index in [-0.39, 0.29) is 43.2 Å². The van der Waals surface area contributed by atoms with E-state index in [9.17, 15) is 24.0 Å². The lowest BCUT2D eigenvalue weighted by Crippen LogP contribution is -2.54. The molecule has 228 valence electrons. The molecule has 0 aliphatic rings. The normalized spacial score (nSPS) is 13.5. The van der Waals surface area contributed by atoms with Crippen molar-refractivity contribution in [3.8, 4) is 0 Å². The fourth-order valence-corrected chi connectivity index (χ4v) is 4.38.